The van der Waals surface area contributed by atoms with Crippen molar-refractivity contribution in [3.8, 4) is 0 Å². The summed E-state index contributed by atoms with van der Waals surface area (Å²) in [6.45, 7) is 7.57. The first-order valence-corrected chi connectivity index (χ1v) is 8.97. The van der Waals surface area contributed by atoms with E-state index < -0.39 is 0 Å². The maximum Gasteiger partial charge on any atom is 0.244 e. The third-order valence-electron chi connectivity index (χ3n) is 4.81. The van der Waals surface area contributed by atoms with Crippen molar-refractivity contribution in [2.45, 2.75) is 64.6 Å². The van der Waals surface area contributed by atoms with Crippen molar-refractivity contribution in [2.24, 2.45) is 5.41 Å². The lowest BCUT2D eigenvalue weighted by molar-refractivity contribution is -0.133. The summed E-state index contributed by atoms with van der Waals surface area (Å²) >= 11 is 1.71. The molecule has 2 fully saturated rings. The summed E-state index contributed by atoms with van der Waals surface area (Å²) in [5, 5.41) is 7.96. The molecular formula is C17H26N2OS. The average Bonchev–Trinajstić information content (AvgIpc) is 3.12. The van der Waals surface area contributed by atoms with Crippen LogP contribution in [0.15, 0.2) is 16.8 Å². The summed E-state index contributed by atoms with van der Waals surface area (Å²) in [5.74, 6) is 0.334. The lowest BCUT2D eigenvalue weighted by Gasteiger charge is -2.27. The van der Waals surface area contributed by atoms with E-state index in [2.05, 4.69) is 47.8 Å². The van der Waals surface area contributed by atoms with Crippen LogP contribution in [0.1, 0.15) is 64.6 Å². The molecule has 2 aliphatic rings. The molecule has 1 spiro atoms. The molecule has 3 rings (SSSR count). The molecule has 1 aromatic heterocycles. The number of hydrogen-bond acceptors (Lipinski definition) is 3. The van der Waals surface area contributed by atoms with Crippen molar-refractivity contribution in [3.63, 3.8) is 0 Å². The highest BCUT2D eigenvalue weighted by atomic mass is 32.1. The van der Waals surface area contributed by atoms with Crippen LogP contribution in [0.2, 0.25) is 0 Å². The molecule has 0 bridgehead atoms. The fourth-order valence-electron chi connectivity index (χ4n) is 3.51. The zero-order valence-corrected chi connectivity index (χ0v) is 14.1. The van der Waals surface area contributed by atoms with E-state index in [1.807, 2.05) is 0 Å². The molecule has 1 aromatic rings. The van der Waals surface area contributed by atoms with Crippen LogP contribution in [-0.4, -0.2) is 22.9 Å². The van der Waals surface area contributed by atoms with Gasteiger partial charge in [-0.1, -0.05) is 33.6 Å². The predicted octanol–water partition coefficient (Wildman–Crippen LogP) is 3.93. The Kier molecular flexibility index (Phi) is 3.87. The Morgan fingerprint density at radius 1 is 1.38 bits per heavy atom. The molecule has 1 atom stereocenters. The molecule has 21 heavy (non-hydrogen) atoms. The monoisotopic (exact) mass is 306 g/mol. The van der Waals surface area contributed by atoms with Gasteiger partial charge in [-0.3, -0.25) is 10.1 Å². The van der Waals surface area contributed by atoms with Crippen molar-refractivity contribution < 1.29 is 4.79 Å². The van der Waals surface area contributed by atoms with Gasteiger partial charge >= 0.3 is 0 Å². The van der Waals surface area contributed by atoms with E-state index in [0.29, 0.717) is 5.91 Å². The molecule has 1 unspecified atom stereocenters. The van der Waals surface area contributed by atoms with Crippen molar-refractivity contribution in [3.05, 3.63) is 22.4 Å². The predicted molar refractivity (Wildman–Crippen MR) is 87.2 cm³/mol. The summed E-state index contributed by atoms with van der Waals surface area (Å²) in [7, 11) is 0. The minimum Gasteiger partial charge on any atom is -0.321 e. The van der Waals surface area contributed by atoms with Gasteiger partial charge in [0.05, 0.1) is 5.54 Å². The molecule has 4 heteroatoms. The second-order valence-corrected chi connectivity index (χ2v) is 8.48. The van der Waals surface area contributed by atoms with E-state index in [1.165, 1.54) is 18.4 Å². The quantitative estimate of drug-likeness (QED) is 0.917. The van der Waals surface area contributed by atoms with Gasteiger partial charge in [-0.2, -0.15) is 11.3 Å². The van der Waals surface area contributed by atoms with Gasteiger partial charge in [0.25, 0.3) is 0 Å². The number of thiophene rings is 1. The standard InChI is InChI=1S/C17H26N2OS/c1-16(2,3)9-10-19-14(13-6-11-21-12-13)18-17(15(19)20)7-4-5-8-17/h6,11-12,14,18H,4-5,7-10H2,1-3H3. The summed E-state index contributed by atoms with van der Waals surface area (Å²) in [5.41, 5.74) is 1.22. The molecule has 2 heterocycles. The Balaban J connectivity index is 1.84. The second kappa shape index (κ2) is 5.40. The lowest BCUT2D eigenvalue weighted by atomic mass is 9.91. The Labute approximate surface area is 131 Å². The number of amides is 1. The zero-order valence-electron chi connectivity index (χ0n) is 13.3. The summed E-state index contributed by atoms with van der Waals surface area (Å²) in [6.07, 6.45) is 5.45. The molecule has 1 N–H and O–H groups in total. The second-order valence-electron chi connectivity index (χ2n) is 7.70. The van der Waals surface area contributed by atoms with Gasteiger partial charge < -0.3 is 4.90 Å². The number of carbonyl (C=O) groups is 1. The van der Waals surface area contributed by atoms with Crippen LogP contribution in [0.25, 0.3) is 0 Å². The SMILES string of the molecule is CC(C)(C)CCN1C(=O)C2(CCCC2)NC1c1ccsc1. The van der Waals surface area contributed by atoms with Crippen LogP contribution in [0.4, 0.5) is 0 Å². The first kappa shape index (κ1) is 15.0. The van der Waals surface area contributed by atoms with Crippen LogP contribution < -0.4 is 5.32 Å². The van der Waals surface area contributed by atoms with Crippen LogP contribution in [0.3, 0.4) is 0 Å². The van der Waals surface area contributed by atoms with Crippen molar-refractivity contribution in [1.82, 2.24) is 10.2 Å². The molecule has 1 saturated heterocycles. The molecular weight excluding hydrogens is 280 g/mol. The summed E-state index contributed by atoms with van der Waals surface area (Å²) < 4.78 is 0. The van der Waals surface area contributed by atoms with E-state index in [9.17, 15) is 4.79 Å². The molecule has 1 aliphatic carbocycles. The topological polar surface area (TPSA) is 32.3 Å². The molecule has 1 saturated carbocycles. The number of carbonyl (C=O) groups excluding carboxylic acids is 1. The molecule has 0 radical (unpaired) electrons. The largest absolute Gasteiger partial charge is 0.321 e. The highest BCUT2D eigenvalue weighted by Crippen LogP contribution is 2.41. The Hall–Kier alpha value is -0.870. The summed E-state index contributed by atoms with van der Waals surface area (Å²) in [6, 6.07) is 2.15. The van der Waals surface area contributed by atoms with E-state index >= 15 is 0 Å². The first-order valence-electron chi connectivity index (χ1n) is 8.02. The van der Waals surface area contributed by atoms with Gasteiger partial charge in [0.2, 0.25) is 5.91 Å². The fraction of sp³-hybridized carbons (Fsp3) is 0.706. The normalized spacial score (nSPS) is 25.2. The number of hydrogen-bond donors (Lipinski definition) is 1. The Bertz CT molecular complexity index is 497. The van der Waals surface area contributed by atoms with E-state index in [0.717, 1.165) is 25.8 Å². The van der Waals surface area contributed by atoms with Crippen molar-refractivity contribution in [2.75, 3.05) is 6.54 Å². The molecule has 1 aliphatic heterocycles. The highest BCUT2D eigenvalue weighted by molar-refractivity contribution is 7.07. The van der Waals surface area contributed by atoms with Gasteiger partial charge in [-0.15, -0.1) is 0 Å². The van der Waals surface area contributed by atoms with Crippen LogP contribution in [0, 0.1) is 5.41 Å². The van der Waals surface area contributed by atoms with Crippen LogP contribution >= 0.6 is 11.3 Å². The molecule has 116 valence electrons. The third kappa shape index (κ3) is 2.88. The third-order valence-corrected chi connectivity index (χ3v) is 5.52. The number of nitrogens with zero attached hydrogens (tertiary/aromatic N) is 1. The maximum absolute atomic E-state index is 13.0. The minimum absolute atomic E-state index is 0.0733. The summed E-state index contributed by atoms with van der Waals surface area (Å²) in [4.78, 5) is 15.1. The highest BCUT2D eigenvalue weighted by Gasteiger charge is 2.52. The lowest BCUT2D eigenvalue weighted by Crippen LogP contribution is -2.44. The van der Waals surface area contributed by atoms with Gasteiger partial charge in [0.15, 0.2) is 0 Å². The van der Waals surface area contributed by atoms with Crippen LogP contribution in [-0.2, 0) is 4.79 Å². The van der Waals surface area contributed by atoms with E-state index in [1.54, 1.807) is 11.3 Å². The smallest absolute Gasteiger partial charge is 0.244 e. The fourth-order valence-corrected chi connectivity index (χ4v) is 4.19. The minimum atomic E-state index is -0.273. The van der Waals surface area contributed by atoms with E-state index in [-0.39, 0.29) is 17.1 Å². The zero-order chi connectivity index (χ0) is 15.1. The van der Waals surface area contributed by atoms with Gasteiger partial charge in [0, 0.05) is 6.54 Å². The van der Waals surface area contributed by atoms with Gasteiger partial charge in [-0.25, -0.2) is 0 Å². The Morgan fingerprint density at radius 3 is 2.67 bits per heavy atom. The first-order chi connectivity index (χ1) is 9.91. The molecule has 1 amide bonds. The van der Waals surface area contributed by atoms with Crippen LogP contribution in [0.5, 0.6) is 0 Å². The van der Waals surface area contributed by atoms with Gasteiger partial charge in [0.1, 0.15) is 6.17 Å². The number of rotatable bonds is 3. The van der Waals surface area contributed by atoms with Gasteiger partial charge in [-0.05, 0) is 47.1 Å². The maximum atomic E-state index is 13.0. The van der Waals surface area contributed by atoms with E-state index in [4.69, 9.17) is 0 Å². The van der Waals surface area contributed by atoms with Crippen molar-refractivity contribution in [1.29, 1.82) is 0 Å². The molecule has 0 aromatic carbocycles. The van der Waals surface area contributed by atoms with Crippen molar-refractivity contribution >= 4 is 17.2 Å². The number of nitrogens with one attached hydrogen (secondary N) is 1. The molecule has 3 nitrogen and oxygen atoms in total. The Morgan fingerprint density at radius 2 is 2.10 bits per heavy atom. The average molecular weight is 306 g/mol.